The Morgan fingerprint density at radius 3 is 2.58 bits per heavy atom. The maximum atomic E-state index is 12.6. The molecule has 1 N–H and O–H groups in total. The number of carbonyl (C=O) groups is 1. The fourth-order valence-electron chi connectivity index (χ4n) is 2.47. The molecule has 0 aliphatic heterocycles. The Balaban J connectivity index is 2.34. The molecule has 0 spiro atoms. The van der Waals surface area contributed by atoms with Gasteiger partial charge in [-0.1, -0.05) is 41.1 Å². The molecule has 26 heavy (non-hydrogen) atoms. The molecule has 0 unspecified atom stereocenters. The quantitative estimate of drug-likeness (QED) is 0.510. The molecule has 0 atom stereocenters. The van der Waals surface area contributed by atoms with E-state index in [4.69, 9.17) is 4.74 Å². The predicted octanol–water partition coefficient (Wildman–Crippen LogP) is 5.40. The fraction of sp³-hybridized carbons (Fsp3) is 0.238. The summed E-state index contributed by atoms with van der Waals surface area (Å²) in [5.74, 6) is 0.203. The van der Waals surface area contributed by atoms with Gasteiger partial charge >= 0.3 is 0 Å². The number of rotatable bonds is 6. The SMILES string of the molecule is CCCOc1ccc(Br)cc1/C=C(\C#N)C(=O)Nc1c(C)cccc1C. The van der Waals surface area contributed by atoms with Gasteiger partial charge in [0.2, 0.25) is 0 Å². The van der Waals surface area contributed by atoms with Crippen molar-refractivity contribution in [3.05, 3.63) is 63.1 Å². The number of amides is 1. The number of nitrogens with zero attached hydrogens (tertiary/aromatic N) is 1. The average Bonchev–Trinajstić information content (AvgIpc) is 2.62. The minimum atomic E-state index is -0.439. The number of hydrogen-bond acceptors (Lipinski definition) is 3. The van der Waals surface area contributed by atoms with Gasteiger partial charge in [0.25, 0.3) is 5.91 Å². The molecule has 0 radical (unpaired) electrons. The Hall–Kier alpha value is -2.58. The Bertz CT molecular complexity index is 862. The van der Waals surface area contributed by atoms with Crippen molar-refractivity contribution < 1.29 is 9.53 Å². The normalized spacial score (nSPS) is 11.0. The number of anilines is 1. The van der Waals surface area contributed by atoms with Crippen LogP contribution in [0.2, 0.25) is 0 Å². The predicted molar refractivity (Wildman–Crippen MR) is 108 cm³/mol. The highest BCUT2D eigenvalue weighted by Crippen LogP contribution is 2.26. The van der Waals surface area contributed by atoms with E-state index < -0.39 is 5.91 Å². The highest BCUT2D eigenvalue weighted by atomic mass is 79.9. The van der Waals surface area contributed by atoms with Gasteiger partial charge in [-0.05, 0) is 55.7 Å². The zero-order chi connectivity index (χ0) is 19.1. The van der Waals surface area contributed by atoms with Crippen LogP contribution in [0.4, 0.5) is 5.69 Å². The summed E-state index contributed by atoms with van der Waals surface area (Å²) in [4.78, 5) is 12.6. The number of nitrogens with one attached hydrogen (secondary N) is 1. The number of hydrogen-bond donors (Lipinski definition) is 1. The van der Waals surface area contributed by atoms with E-state index in [9.17, 15) is 10.1 Å². The van der Waals surface area contributed by atoms with Gasteiger partial charge in [0.1, 0.15) is 17.4 Å². The summed E-state index contributed by atoms with van der Waals surface area (Å²) in [5, 5.41) is 12.3. The molecule has 0 bridgehead atoms. The monoisotopic (exact) mass is 412 g/mol. The molecule has 0 aliphatic carbocycles. The van der Waals surface area contributed by atoms with Gasteiger partial charge in [-0.25, -0.2) is 0 Å². The molecule has 0 aliphatic rings. The lowest BCUT2D eigenvalue weighted by Crippen LogP contribution is -2.15. The first kappa shape index (κ1) is 19.7. The largest absolute Gasteiger partial charge is 0.493 e. The highest BCUT2D eigenvalue weighted by Gasteiger charge is 2.14. The van der Waals surface area contributed by atoms with Gasteiger partial charge in [-0.3, -0.25) is 4.79 Å². The maximum Gasteiger partial charge on any atom is 0.266 e. The van der Waals surface area contributed by atoms with Gasteiger partial charge < -0.3 is 10.1 Å². The van der Waals surface area contributed by atoms with Crippen LogP contribution < -0.4 is 10.1 Å². The summed E-state index contributed by atoms with van der Waals surface area (Å²) in [7, 11) is 0. The summed E-state index contributed by atoms with van der Waals surface area (Å²) in [6.07, 6.45) is 2.43. The zero-order valence-electron chi connectivity index (χ0n) is 15.1. The first-order valence-corrected chi connectivity index (χ1v) is 9.17. The minimum absolute atomic E-state index is 0.0205. The zero-order valence-corrected chi connectivity index (χ0v) is 16.7. The second kappa shape index (κ2) is 9.21. The minimum Gasteiger partial charge on any atom is -0.493 e. The highest BCUT2D eigenvalue weighted by molar-refractivity contribution is 9.10. The topological polar surface area (TPSA) is 62.1 Å². The number of benzene rings is 2. The molecule has 2 aromatic rings. The number of carbonyl (C=O) groups excluding carboxylic acids is 1. The number of halogens is 1. The molecule has 2 rings (SSSR count). The van der Waals surface area contributed by atoms with Gasteiger partial charge in [0.05, 0.1) is 6.61 Å². The lowest BCUT2D eigenvalue weighted by molar-refractivity contribution is -0.112. The third-order valence-corrected chi connectivity index (χ3v) is 4.31. The number of ether oxygens (including phenoxy) is 1. The molecular weight excluding hydrogens is 392 g/mol. The summed E-state index contributed by atoms with van der Waals surface area (Å²) >= 11 is 3.42. The Kier molecular flexibility index (Phi) is 6.99. The van der Waals surface area contributed by atoms with E-state index in [1.54, 1.807) is 6.08 Å². The Morgan fingerprint density at radius 1 is 1.27 bits per heavy atom. The second-order valence-corrected chi connectivity index (χ2v) is 6.84. The summed E-state index contributed by atoms with van der Waals surface area (Å²) < 4.78 is 6.56. The third kappa shape index (κ3) is 4.96. The standard InChI is InChI=1S/C21H21BrN2O2/c1-4-10-26-19-9-8-18(22)12-16(19)11-17(13-23)21(25)24-20-14(2)6-5-7-15(20)3/h5-9,11-12H,4,10H2,1-3H3,(H,24,25)/b17-11+. The van der Waals surface area contributed by atoms with E-state index in [0.717, 1.165) is 27.7 Å². The molecular formula is C21H21BrN2O2. The van der Waals surface area contributed by atoms with Crippen molar-refractivity contribution in [1.82, 2.24) is 0 Å². The second-order valence-electron chi connectivity index (χ2n) is 5.92. The molecule has 4 nitrogen and oxygen atoms in total. The molecule has 5 heteroatoms. The molecule has 2 aromatic carbocycles. The van der Waals surface area contributed by atoms with Crippen LogP contribution in [0.25, 0.3) is 6.08 Å². The van der Waals surface area contributed by atoms with Gasteiger partial charge in [-0.15, -0.1) is 0 Å². The van der Waals surface area contributed by atoms with Crippen LogP contribution in [-0.2, 0) is 4.79 Å². The van der Waals surface area contributed by atoms with Crippen molar-refractivity contribution in [2.24, 2.45) is 0 Å². The summed E-state index contributed by atoms with van der Waals surface area (Å²) in [6, 6.07) is 13.3. The van der Waals surface area contributed by atoms with Gasteiger partial charge in [-0.2, -0.15) is 5.26 Å². The lowest BCUT2D eigenvalue weighted by atomic mass is 10.1. The summed E-state index contributed by atoms with van der Waals surface area (Å²) in [6.45, 7) is 6.43. The van der Waals surface area contributed by atoms with E-state index >= 15 is 0 Å². The fourth-order valence-corrected chi connectivity index (χ4v) is 2.85. The van der Waals surface area contributed by atoms with Crippen LogP contribution in [0.15, 0.2) is 46.4 Å². The number of aryl methyl sites for hydroxylation is 2. The average molecular weight is 413 g/mol. The van der Waals surface area contributed by atoms with E-state index in [0.29, 0.717) is 17.9 Å². The van der Waals surface area contributed by atoms with Crippen molar-refractivity contribution in [2.75, 3.05) is 11.9 Å². The first-order valence-electron chi connectivity index (χ1n) is 8.38. The van der Waals surface area contributed by atoms with Crippen molar-refractivity contribution in [2.45, 2.75) is 27.2 Å². The van der Waals surface area contributed by atoms with Gasteiger partial charge in [0.15, 0.2) is 0 Å². The summed E-state index contributed by atoms with van der Waals surface area (Å²) in [5.41, 5.74) is 3.33. The molecule has 134 valence electrons. The Morgan fingerprint density at radius 2 is 1.96 bits per heavy atom. The number of para-hydroxylation sites is 1. The van der Waals surface area contributed by atoms with Crippen LogP contribution in [0, 0.1) is 25.2 Å². The van der Waals surface area contributed by atoms with Crippen LogP contribution in [0.3, 0.4) is 0 Å². The smallest absolute Gasteiger partial charge is 0.266 e. The van der Waals surface area contributed by atoms with Crippen LogP contribution in [0.5, 0.6) is 5.75 Å². The van der Waals surface area contributed by atoms with E-state index in [1.807, 2.05) is 63.2 Å². The Labute approximate surface area is 162 Å². The van der Waals surface area contributed by atoms with Crippen LogP contribution in [-0.4, -0.2) is 12.5 Å². The van der Waals surface area contributed by atoms with E-state index in [1.165, 1.54) is 0 Å². The third-order valence-electron chi connectivity index (χ3n) is 3.82. The van der Waals surface area contributed by atoms with E-state index in [2.05, 4.69) is 21.2 Å². The number of nitriles is 1. The molecule has 1 amide bonds. The molecule has 0 aromatic heterocycles. The van der Waals surface area contributed by atoms with E-state index in [-0.39, 0.29) is 5.57 Å². The van der Waals surface area contributed by atoms with Crippen molar-refractivity contribution in [1.29, 1.82) is 5.26 Å². The molecule has 0 saturated carbocycles. The van der Waals surface area contributed by atoms with Crippen LogP contribution >= 0.6 is 15.9 Å². The van der Waals surface area contributed by atoms with Crippen molar-refractivity contribution >= 4 is 33.6 Å². The van der Waals surface area contributed by atoms with Crippen LogP contribution in [0.1, 0.15) is 30.0 Å². The lowest BCUT2D eigenvalue weighted by Gasteiger charge is -2.12. The van der Waals surface area contributed by atoms with Crippen molar-refractivity contribution in [3.63, 3.8) is 0 Å². The molecule has 0 saturated heterocycles. The molecule has 0 fully saturated rings. The van der Waals surface area contributed by atoms with Gasteiger partial charge in [0, 0.05) is 15.7 Å². The van der Waals surface area contributed by atoms with Crippen molar-refractivity contribution in [3.8, 4) is 11.8 Å². The molecule has 0 heterocycles. The maximum absolute atomic E-state index is 12.6. The first-order chi connectivity index (χ1) is 12.5.